The van der Waals surface area contributed by atoms with E-state index in [1.807, 2.05) is 42.5 Å². The van der Waals surface area contributed by atoms with E-state index in [1.54, 1.807) is 11.8 Å². The molecule has 0 radical (unpaired) electrons. The van der Waals surface area contributed by atoms with E-state index in [-0.39, 0.29) is 6.42 Å². The Morgan fingerprint density at radius 1 is 1.00 bits per heavy atom. The predicted octanol–water partition coefficient (Wildman–Crippen LogP) is 3.22. The van der Waals surface area contributed by atoms with Gasteiger partial charge in [-0.1, -0.05) is 42.1 Å². The fourth-order valence-corrected chi connectivity index (χ4v) is 2.70. The van der Waals surface area contributed by atoms with Crippen LogP contribution in [0.15, 0.2) is 64.4 Å². The maximum atomic E-state index is 10.5. The standard InChI is InChI=1S/C16H16O3S/c17-13(11-16(18)19)10-12-6-8-15(9-7-12)20-14-4-2-1-3-5-14/h1-9,13,17H,10-11H2,(H,18,19). The number of aliphatic hydroxyl groups excluding tert-OH is 1. The molecule has 0 heterocycles. The lowest BCUT2D eigenvalue weighted by molar-refractivity contribution is -0.139. The van der Waals surface area contributed by atoms with Crippen LogP contribution in [-0.4, -0.2) is 22.3 Å². The Bertz CT molecular complexity index is 552. The number of carboxylic acid groups (broad SMARTS) is 1. The van der Waals surface area contributed by atoms with Crippen LogP contribution in [0.2, 0.25) is 0 Å². The van der Waals surface area contributed by atoms with Crippen molar-refractivity contribution in [2.45, 2.75) is 28.7 Å². The maximum absolute atomic E-state index is 10.5. The highest BCUT2D eigenvalue weighted by atomic mass is 32.2. The minimum Gasteiger partial charge on any atom is -0.481 e. The fourth-order valence-electron chi connectivity index (χ4n) is 1.86. The summed E-state index contributed by atoms with van der Waals surface area (Å²) in [5.41, 5.74) is 0.941. The molecule has 2 N–H and O–H groups in total. The zero-order valence-corrected chi connectivity index (χ0v) is 11.7. The summed E-state index contributed by atoms with van der Waals surface area (Å²) in [6.07, 6.45) is -0.691. The average Bonchev–Trinajstić information content (AvgIpc) is 2.41. The fraction of sp³-hybridized carbons (Fsp3) is 0.188. The van der Waals surface area contributed by atoms with Crippen molar-refractivity contribution in [3.63, 3.8) is 0 Å². The van der Waals surface area contributed by atoms with Gasteiger partial charge >= 0.3 is 5.97 Å². The van der Waals surface area contributed by atoms with Gasteiger partial charge in [-0.25, -0.2) is 0 Å². The first-order chi connectivity index (χ1) is 9.63. The van der Waals surface area contributed by atoms with Crippen molar-refractivity contribution in [3.8, 4) is 0 Å². The first-order valence-corrected chi connectivity index (χ1v) is 7.17. The van der Waals surface area contributed by atoms with Gasteiger partial charge in [0.25, 0.3) is 0 Å². The molecule has 2 aromatic carbocycles. The Morgan fingerprint density at radius 2 is 1.60 bits per heavy atom. The van der Waals surface area contributed by atoms with Crippen molar-refractivity contribution in [3.05, 3.63) is 60.2 Å². The van der Waals surface area contributed by atoms with Crippen LogP contribution < -0.4 is 0 Å². The summed E-state index contributed by atoms with van der Waals surface area (Å²) in [6, 6.07) is 17.9. The minimum absolute atomic E-state index is 0.222. The van der Waals surface area contributed by atoms with Crippen LogP contribution in [0.1, 0.15) is 12.0 Å². The average molecular weight is 288 g/mol. The van der Waals surface area contributed by atoms with Crippen LogP contribution >= 0.6 is 11.8 Å². The molecule has 20 heavy (non-hydrogen) atoms. The van der Waals surface area contributed by atoms with Crippen LogP contribution in [0.4, 0.5) is 0 Å². The Morgan fingerprint density at radius 3 is 2.20 bits per heavy atom. The van der Waals surface area contributed by atoms with Crippen molar-refractivity contribution in [1.82, 2.24) is 0 Å². The molecule has 1 unspecified atom stereocenters. The highest BCUT2D eigenvalue weighted by molar-refractivity contribution is 7.99. The molecule has 0 aliphatic heterocycles. The van der Waals surface area contributed by atoms with Gasteiger partial charge in [0.2, 0.25) is 0 Å². The van der Waals surface area contributed by atoms with Gasteiger partial charge in [0.1, 0.15) is 0 Å². The third-order valence-electron chi connectivity index (χ3n) is 2.78. The molecule has 0 saturated heterocycles. The van der Waals surface area contributed by atoms with Gasteiger partial charge in [0.05, 0.1) is 12.5 Å². The van der Waals surface area contributed by atoms with Crippen LogP contribution in [0, 0.1) is 0 Å². The Balaban J connectivity index is 1.94. The van der Waals surface area contributed by atoms with E-state index in [4.69, 9.17) is 5.11 Å². The van der Waals surface area contributed by atoms with Crippen molar-refractivity contribution in [2.75, 3.05) is 0 Å². The lowest BCUT2D eigenvalue weighted by Crippen LogP contribution is -2.15. The molecular weight excluding hydrogens is 272 g/mol. The largest absolute Gasteiger partial charge is 0.481 e. The number of hydrogen-bond donors (Lipinski definition) is 2. The van der Waals surface area contributed by atoms with Crippen LogP contribution in [0.5, 0.6) is 0 Å². The van der Waals surface area contributed by atoms with E-state index in [9.17, 15) is 9.90 Å². The number of benzene rings is 2. The molecule has 0 aliphatic rings. The van der Waals surface area contributed by atoms with Gasteiger partial charge in [-0.3, -0.25) is 4.79 Å². The molecule has 4 heteroatoms. The number of carbonyl (C=O) groups is 1. The van der Waals surface area contributed by atoms with Gasteiger partial charge < -0.3 is 10.2 Å². The van der Waals surface area contributed by atoms with Crippen molar-refractivity contribution in [2.24, 2.45) is 0 Å². The van der Waals surface area contributed by atoms with E-state index in [0.717, 1.165) is 10.5 Å². The SMILES string of the molecule is O=C(O)CC(O)Cc1ccc(Sc2ccccc2)cc1. The number of rotatable bonds is 6. The lowest BCUT2D eigenvalue weighted by Gasteiger charge is -2.08. The molecule has 0 spiro atoms. The molecule has 1 atom stereocenters. The first-order valence-electron chi connectivity index (χ1n) is 6.35. The Labute approximate surface area is 122 Å². The number of aliphatic carboxylic acids is 1. The molecule has 0 bridgehead atoms. The molecule has 0 aliphatic carbocycles. The molecule has 2 aromatic rings. The quantitative estimate of drug-likeness (QED) is 0.857. The number of hydrogen-bond acceptors (Lipinski definition) is 3. The summed E-state index contributed by atoms with van der Waals surface area (Å²) in [5.74, 6) is -0.978. The van der Waals surface area contributed by atoms with E-state index < -0.39 is 12.1 Å². The number of aliphatic hydroxyl groups is 1. The molecule has 0 fully saturated rings. The predicted molar refractivity (Wildman–Crippen MR) is 79.0 cm³/mol. The van der Waals surface area contributed by atoms with Crippen LogP contribution in [0.3, 0.4) is 0 Å². The van der Waals surface area contributed by atoms with Gasteiger partial charge in [0, 0.05) is 9.79 Å². The molecular formula is C16H16O3S. The summed E-state index contributed by atoms with van der Waals surface area (Å²) >= 11 is 1.67. The summed E-state index contributed by atoms with van der Waals surface area (Å²) in [7, 11) is 0. The second-order valence-electron chi connectivity index (χ2n) is 4.51. The zero-order chi connectivity index (χ0) is 14.4. The van der Waals surface area contributed by atoms with Crippen molar-refractivity contribution >= 4 is 17.7 Å². The molecule has 0 saturated carbocycles. The van der Waals surface area contributed by atoms with Gasteiger partial charge in [-0.2, -0.15) is 0 Å². The molecule has 3 nitrogen and oxygen atoms in total. The summed E-state index contributed by atoms with van der Waals surface area (Å²) < 4.78 is 0. The summed E-state index contributed by atoms with van der Waals surface area (Å²) in [6.45, 7) is 0. The van der Waals surface area contributed by atoms with E-state index in [2.05, 4.69) is 12.1 Å². The zero-order valence-electron chi connectivity index (χ0n) is 10.9. The van der Waals surface area contributed by atoms with Crippen molar-refractivity contribution in [1.29, 1.82) is 0 Å². The van der Waals surface area contributed by atoms with Crippen LogP contribution in [0.25, 0.3) is 0 Å². The normalized spacial score (nSPS) is 12.1. The highest BCUT2D eigenvalue weighted by Gasteiger charge is 2.10. The number of carboxylic acids is 1. The van der Waals surface area contributed by atoms with Gasteiger partial charge in [-0.05, 0) is 36.2 Å². The summed E-state index contributed by atoms with van der Waals surface area (Å²) in [5, 5.41) is 18.2. The lowest BCUT2D eigenvalue weighted by atomic mass is 10.1. The monoisotopic (exact) mass is 288 g/mol. The van der Waals surface area contributed by atoms with Crippen molar-refractivity contribution < 1.29 is 15.0 Å². The molecule has 0 amide bonds. The molecule has 104 valence electrons. The van der Waals surface area contributed by atoms with Gasteiger partial charge in [0.15, 0.2) is 0 Å². The minimum atomic E-state index is -0.978. The maximum Gasteiger partial charge on any atom is 0.305 e. The topological polar surface area (TPSA) is 57.5 Å². The smallest absolute Gasteiger partial charge is 0.305 e. The Kier molecular flexibility index (Phi) is 5.21. The molecule has 2 rings (SSSR count). The van der Waals surface area contributed by atoms with E-state index >= 15 is 0 Å². The third kappa shape index (κ3) is 4.72. The van der Waals surface area contributed by atoms with E-state index in [0.29, 0.717) is 6.42 Å². The van der Waals surface area contributed by atoms with E-state index in [1.165, 1.54) is 4.90 Å². The Hall–Kier alpha value is -1.78. The molecule has 0 aromatic heterocycles. The highest BCUT2D eigenvalue weighted by Crippen LogP contribution is 2.27. The van der Waals surface area contributed by atoms with Gasteiger partial charge in [-0.15, -0.1) is 0 Å². The second kappa shape index (κ2) is 7.12. The van der Waals surface area contributed by atoms with Crippen LogP contribution in [-0.2, 0) is 11.2 Å². The third-order valence-corrected chi connectivity index (χ3v) is 3.80. The second-order valence-corrected chi connectivity index (χ2v) is 5.66. The summed E-state index contributed by atoms with van der Waals surface area (Å²) in [4.78, 5) is 12.8. The first kappa shape index (κ1) is 14.6.